The molecular weight excluding hydrogens is 402 g/mol. The predicted octanol–water partition coefficient (Wildman–Crippen LogP) is 2.97. The smallest absolute Gasteiger partial charge is 0.255 e. The van der Waals surface area contributed by atoms with Crippen LogP contribution in [0.25, 0.3) is 16.9 Å². The van der Waals surface area contributed by atoms with Gasteiger partial charge in [-0.1, -0.05) is 25.1 Å². The second-order valence-corrected chi connectivity index (χ2v) is 8.26. The molecule has 2 aromatic heterocycles. The average Bonchev–Trinajstić information content (AvgIpc) is 3.18. The number of hydrogen-bond acceptors (Lipinski definition) is 5. The SMILES string of the molecule is CCNS(=O)(=O)c1cccc(C(=O)Nc2ccc(-n3cnc4ccccc43)nc2)c1. The molecule has 2 aromatic carbocycles. The summed E-state index contributed by atoms with van der Waals surface area (Å²) in [4.78, 5) is 21.4. The van der Waals surface area contributed by atoms with Crippen LogP contribution in [0.2, 0.25) is 0 Å². The normalized spacial score (nSPS) is 11.5. The molecule has 8 nitrogen and oxygen atoms in total. The molecule has 152 valence electrons. The number of pyridine rings is 1. The highest BCUT2D eigenvalue weighted by molar-refractivity contribution is 7.89. The number of benzene rings is 2. The van der Waals surface area contributed by atoms with Gasteiger partial charge in [-0.2, -0.15) is 0 Å². The first-order valence-electron chi connectivity index (χ1n) is 9.27. The number of sulfonamides is 1. The molecular formula is C21H19N5O3S. The lowest BCUT2D eigenvalue weighted by molar-refractivity contribution is 0.102. The number of fused-ring (bicyclic) bond motifs is 1. The Morgan fingerprint density at radius 2 is 1.87 bits per heavy atom. The first kappa shape index (κ1) is 19.7. The molecule has 4 aromatic rings. The molecule has 2 heterocycles. The highest BCUT2D eigenvalue weighted by Crippen LogP contribution is 2.18. The topological polar surface area (TPSA) is 106 Å². The van der Waals surface area contributed by atoms with E-state index in [0.29, 0.717) is 11.5 Å². The van der Waals surface area contributed by atoms with Crippen molar-refractivity contribution >= 4 is 32.7 Å². The van der Waals surface area contributed by atoms with E-state index in [2.05, 4.69) is 20.0 Å². The summed E-state index contributed by atoms with van der Waals surface area (Å²) >= 11 is 0. The van der Waals surface area contributed by atoms with E-state index in [1.165, 1.54) is 18.2 Å². The number of imidazole rings is 1. The van der Waals surface area contributed by atoms with Crippen LogP contribution in [0.3, 0.4) is 0 Å². The molecule has 1 amide bonds. The van der Waals surface area contributed by atoms with Crippen molar-refractivity contribution in [3.8, 4) is 5.82 Å². The summed E-state index contributed by atoms with van der Waals surface area (Å²) in [6.07, 6.45) is 3.24. The van der Waals surface area contributed by atoms with Gasteiger partial charge in [0.2, 0.25) is 10.0 Å². The fourth-order valence-electron chi connectivity index (χ4n) is 3.03. The molecule has 0 saturated carbocycles. The van der Waals surface area contributed by atoms with E-state index in [-0.39, 0.29) is 17.0 Å². The minimum absolute atomic E-state index is 0.0393. The van der Waals surface area contributed by atoms with E-state index in [4.69, 9.17) is 0 Å². The number of nitrogens with one attached hydrogen (secondary N) is 2. The van der Waals surface area contributed by atoms with Crippen molar-refractivity contribution < 1.29 is 13.2 Å². The van der Waals surface area contributed by atoms with Crippen LogP contribution >= 0.6 is 0 Å². The zero-order chi connectivity index (χ0) is 21.1. The van der Waals surface area contributed by atoms with Gasteiger partial charge in [0.05, 0.1) is 27.8 Å². The van der Waals surface area contributed by atoms with Crippen LogP contribution in [0.4, 0.5) is 5.69 Å². The Balaban J connectivity index is 1.53. The molecule has 9 heteroatoms. The van der Waals surface area contributed by atoms with Crippen LogP contribution < -0.4 is 10.0 Å². The number of carbonyl (C=O) groups is 1. The molecule has 4 rings (SSSR count). The third-order valence-corrected chi connectivity index (χ3v) is 5.99. The number of para-hydroxylation sites is 2. The highest BCUT2D eigenvalue weighted by Gasteiger charge is 2.15. The standard InChI is InChI=1S/C21H19N5O3S/c1-2-24-30(28,29)17-7-5-6-15(12-17)21(27)25-16-10-11-20(22-13-16)26-14-23-18-8-3-4-9-19(18)26/h3-14,24H,2H2,1H3,(H,25,27). The molecule has 0 radical (unpaired) electrons. The molecule has 0 atom stereocenters. The Morgan fingerprint density at radius 3 is 2.63 bits per heavy atom. The summed E-state index contributed by atoms with van der Waals surface area (Å²) in [6, 6.07) is 17.1. The number of aromatic nitrogens is 3. The second-order valence-electron chi connectivity index (χ2n) is 6.49. The summed E-state index contributed by atoms with van der Waals surface area (Å²) in [5.74, 6) is 0.242. The van der Waals surface area contributed by atoms with Crippen molar-refractivity contribution in [1.82, 2.24) is 19.3 Å². The van der Waals surface area contributed by atoms with Crippen LogP contribution in [0.15, 0.2) is 78.1 Å². The van der Waals surface area contributed by atoms with Gasteiger partial charge in [-0.3, -0.25) is 9.36 Å². The van der Waals surface area contributed by atoms with Gasteiger partial charge >= 0.3 is 0 Å². The van der Waals surface area contributed by atoms with Crippen molar-refractivity contribution in [3.63, 3.8) is 0 Å². The third kappa shape index (κ3) is 3.93. The molecule has 0 unspecified atom stereocenters. The number of carbonyl (C=O) groups excluding carboxylic acids is 1. The first-order chi connectivity index (χ1) is 14.5. The maximum Gasteiger partial charge on any atom is 0.255 e. The van der Waals surface area contributed by atoms with Crippen LogP contribution in [0.1, 0.15) is 17.3 Å². The van der Waals surface area contributed by atoms with Crippen LogP contribution in [-0.2, 0) is 10.0 Å². The largest absolute Gasteiger partial charge is 0.321 e. The van der Waals surface area contributed by atoms with E-state index >= 15 is 0 Å². The highest BCUT2D eigenvalue weighted by atomic mass is 32.2. The fourth-order valence-corrected chi connectivity index (χ4v) is 4.11. The van der Waals surface area contributed by atoms with Crippen molar-refractivity contribution in [2.75, 3.05) is 11.9 Å². The van der Waals surface area contributed by atoms with E-state index in [9.17, 15) is 13.2 Å². The van der Waals surface area contributed by atoms with Crippen LogP contribution in [0.5, 0.6) is 0 Å². The summed E-state index contributed by atoms with van der Waals surface area (Å²) in [5, 5.41) is 2.74. The Hall–Kier alpha value is -3.56. The van der Waals surface area contributed by atoms with Crippen LogP contribution in [0, 0.1) is 0 Å². The zero-order valence-electron chi connectivity index (χ0n) is 16.1. The van der Waals surface area contributed by atoms with Gasteiger partial charge in [0.1, 0.15) is 12.1 Å². The van der Waals surface area contributed by atoms with Gasteiger partial charge in [-0.05, 0) is 42.5 Å². The number of anilines is 1. The predicted molar refractivity (Wildman–Crippen MR) is 114 cm³/mol. The molecule has 2 N–H and O–H groups in total. The molecule has 30 heavy (non-hydrogen) atoms. The Kier molecular flexibility index (Phi) is 5.30. The van der Waals surface area contributed by atoms with Gasteiger partial charge in [-0.15, -0.1) is 0 Å². The van der Waals surface area contributed by atoms with Gasteiger partial charge in [-0.25, -0.2) is 23.1 Å². The zero-order valence-corrected chi connectivity index (χ0v) is 16.9. The minimum atomic E-state index is -3.64. The molecule has 0 fully saturated rings. The van der Waals surface area contributed by atoms with Crippen molar-refractivity contribution in [3.05, 3.63) is 78.8 Å². The number of rotatable bonds is 6. The second kappa shape index (κ2) is 8.05. The Morgan fingerprint density at radius 1 is 1.03 bits per heavy atom. The third-order valence-electron chi connectivity index (χ3n) is 4.45. The van der Waals surface area contributed by atoms with E-state index in [1.54, 1.807) is 37.6 Å². The molecule has 0 saturated heterocycles. The molecule has 0 bridgehead atoms. The lowest BCUT2D eigenvalue weighted by Gasteiger charge is -2.09. The summed E-state index contributed by atoms with van der Waals surface area (Å²) in [7, 11) is -3.64. The molecule has 0 aliphatic heterocycles. The number of hydrogen-bond donors (Lipinski definition) is 2. The lowest BCUT2D eigenvalue weighted by Crippen LogP contribution is -2.23. The molecule has 0 aliphatic carbocycles. The van der Waals surface area contributed by atoms with Crippen molar-refractivity contribution in [2.24, 2.45) is 0 Å². The maximum atomic E-state index is 12.6. The van der Waals surface area contributed by atoms with Gasteiger partial charge in [0.25, 0.3) is 5.91 Å². The number of nitrogens with zero attached hydrogens (tertiary/aromatic N) is 3. The summed E-state index contributed by atoms with van der Waals surface area (Å²) in [6.45, 7) is 1.96. The minimum Gasteiger partial charge on any atom is -0.321 e. The maximum absolute atomic E-state index is 12.6. The Labute approximate surface area is 173 Å². The quantitative estimate of drug-likeness (QED) is 0.498. The van der Waals surface area contributed by atoms with Gasteiger partial charge in [0.15, 0.2) is 0 Å². The van der Waals surface area contributed by atoms with Crippen molar-refractivity contribution in [1.29, 1.82) is 0 Å². The average molecular weight is 421 g/mol. The van der Waals surface area contributed by atoms with Gasteiger partial charge in [0, 0.05) is 12.1 Å². The fraction of sp³-hybridized carbons (Fsp3) is 0.0952. The van der Waals surface area contributed by atoms with E-state index in [0.717, 1.165) is 11.0 Å². The van der Waals surface area contributed by atoms with E-state index in [1.807, 2.05) is 28.8 Å². The summed E-state index contributed by atoms with van der Waals surface area (Å²) in [5.41, 5.74) is 2.52. The summed E-state index contributed by atoms with van der Waals surface area (Å²) < 4.78 is 28.6. The monoisotopic (exact) mass is 421 g/mol. The van der Waals surface area contributed by atoms with Gasteiger partial charge < -0.3 is 5.32 Å². The first-order valence-corrected chi connectivity index (χ1v) is 10.8. The van der Waals surface area contributed by atoms with E-state index < -0.39 is 15.9 Å². The Bertz CT molecular complexity index is 1310. The molecule has 0 aliphatic rings. The van der Waals surface area contributed by atoms with Crippen molar-refractivity contribution in [2.45, 2.75) is 11.8 Å². The number of amides is 1. The van der Waals surface area contributed by atoms with Crippen LogP contribution in [-0.4, -0.2) is 35.4 Å². The molecule has 0 spiro atoms. The lowest BCUT2D eigenvalue weighted by atomic mass is 10.2.